The first-order valence-electron chi connectivity index (χ1n) is 5.37. The summed E-state index contributed by atoms with van der Waals surface area (Å²) in [5, 5.41) is 21.1. The Morgan fingerprint density at radius 1 is 1.29 bits per heavy atom. The Balaban J connectivity index is 2.87. The standard InChI is InChI=1S/C12H8F3N3O3/c13-7-1-2-8(11(15)10(7)14)17-4-6(3-16)12(21)18-5-9(19)20/h1-2,4,17H,5H2,(H,18,21)(H,19,20)/b6-4-. The summed E-state index contributed by atoms with van der Waals surface area (Å²) in [6.45, 7) is -0.711. The summed E-state index contributed by atoms with van der Waals surface area (Å²) in [5.41, 5.74) is -1.06. The Morgan fingerprint density at radius 3 is 2.52 bits per heavy atom. The third-order valence-electron chi connectivity index (χ3n) is 2.17. The molecule has 0 saturated carbocycles. The number of benzene rings is 1. The lowest BCUT2D eigenvalue weighted by Gasteiger charge is -2.05. The summed E-state index contributed by atoms with van der Waals surface area (Å²) in [7, 11) is 0. The molecule has 0 aliphatic rings. The number of carbonyl (C=O) groups excluding carboxylic acids is 1. The van der Waals surface area contributed by atoms with Crippen molar-refractivity contribution in [1.82, 2.24) is 5.32 Å². The van der Waals surface area contributed by atoms with Gasteiger partial charge in [-0.05, 0) is 12.1 Å². The highest BCUT2D eigenvalue weighted by Crippen LogP contribution is 2.19. The quantitative estimate of drug-likeness (QED) is 0.429. The number of amides is 1. The first kappa shape index (κ1) is 16.0. The number of halogens is 3. The summed E-state index contributed by atoms with van der Waals surface area (Å²) in [6, 6.07) is 2.97. The van der Waals surface area contributed by atoms with E-state index in [1.165, 1.54) is 6.07 Å². The molecule has 0 aliphatic heterocycles. The lowest BCUT2D eigenvalue weighted by atomic mass is 10.2. The van der Waals surface area contributed by atoms with Gasteiger partial charge in [0.05, 0.1) is 5.69 Å². The van der Waals surface area contributed by atoms with Crippen LogP contribution in [0.15, 0.2) is 23.9 Å². The van der Waals surface area contributed by atoms with Crippen LogP contribution in [0.5, 0.6) is 0 Å². The van der Waals surface area contributed by atoms with Crippen LogP contribution in [0.2, 0.25) is 0 Å². The summed E-state index contributed by atoms with van der Waals surface area (Å²) < 4.78 is 38.9. The molecule has 9 heteroatoms. The third kappa shape index (κ3) is 4.24. The van der Waals surface area contributed by atoms with Crippen molar-refractivity contribution in [3.05, 3.63) is 41.4 Å². The van der Waals surface area contributed by atoms with E-state index in [-0.39, 0.29) is 0 Å². The predicted octanol–water partition coefficient (Wildman–Crippen LogP) is 1.12. The number of nitrogens with zero attached hydrogens (tertiary/aromatic N) is 1. The van der Waals surface area contributed by atoms with Crippen LogP contribution >= 0.6 is 0 Å². The van der Waals surface area contributed by atoms with Gasteiger partial charge in [-0.3, -0.25) is 9.59 Å². The van der Waals surface area contributed by atoms with Crippen molar-refractivity contribution in [1.29, 1.82) is 5.26 Å². The number of aliphatic carboxylic acids is 1. The van der Waals surface area contributed by atoms with Crippen molar-refractivity contribution >= 4 is 17.6 Å². The van der Waals surface area contributed by atoms with Gasteiger partial charge in [-0.15, -0.1) is 0 Å². The molecular weight excluding hydrogens is 291 g/mol. The summed E-state index contributed by atoms with van der Waals surface area (Å²) in [5.74, 6) is -6.95. The van der Waals surface area contributed by atoms with Gasteiger partial charge in [-0.25, -0.2) is 13.2 Å². The SMILES string of the molecule is N#C/C(=C/Nc1ccc(F)c(F)c1F)C(=O)NCC(=O)O. The van der Waals surface area contributed by atoms with Crippen molar-refractivity contribution < 1.29 is 27.9 Å². The molecule has 1 amide bonds. The van der Waals surface area contributed by atoms with Crippen LogP contribution < -0.4 is 10.6 Å². The highest BCUT2D eigenvalue weighted by molar-refractivity contribution is 5.98. The van der Waals surface area contributed by atoms with E-state index in [9.17, 15) is 22.8 Å². The average Bonchev–Trinajstić information content (AvgIpc) is 2.45. The molecule has 0 radical (unpaired) electrons. The van der Waals surface area contributed by atoms with Gasteiger partial charge in [0, 0.05) is 6.20 Å². The van der Waals surface area contributed by atoms with Crippen molar-refractivity contribution in [2.45, 2.75) is 0 Å². The Kier molecular flexibility index (Phi) is 5.31. The van der Waals surface area contributed by atoms with Crippen molar-refractivity contribution in [2.24, 2.45) is 0 Å². The van der Waals surface area contributed by atoms with Crippen molar-refractivity contribution in [2.75, 3.05) is 11.9 Å². The minimum atomic E-state index is -1.71. The second-order valence-corrected chi connectivity index (χ2v) is 3.61. The fourth-order valence-corrected chi connectivity index (χ4v) is 1.19. The van der Waals surface area contributed by atoms with Crippen LogP contribution in [0.1, 0.15) is 0 Å². The lowest BCUT2D eigenvalue weighted by molar-refractivity contribution is -0.137. The fraction of sp³-hybridized carbons (Fsp3) is 0.0833. The van der Waals surface area contributed by atoms with Crippen LogP contribution in [0.3, 0.4) is 0 Å². The monoisotopic (exact) mass is 299 g/mol. The molecule has 0 heterocycles. The summed E-state index contributed by atoms with van der Waals surface area (Å²) in [6.07, 6.45) is 0.743. The topological polar surface area (TPSA) is 102 Å². The molecule has 21 heavy (non-hydrogen) atoms. The number of nitrogens with one attached hydrogen (secondary N) is 2. The number of hydrogen-bond acceptors (Lipinski definition) is 4. The number of carbonyl (C=O) groups is 2. The van der Waals surface area contributed by atoms with Gasteiger partial charge in [0.2, 0.25) is 0 Å². The maximum absolute atomic E-state index is 13.3. The second-order valence-electron chi connectivity index (χ2n) is 3.61. The molecule has 1 aromatic carbocycles. The highest BCUT2D eigenvalue weighted by Gasteiger charge is 2.14. The molecule has 1 rings (SSSR count). The van der Waals surface area contributed by atoms with E-state index in [0.29, 0.717) is 6.07 Å². The molecule has 0 aliphatic carbocycles. The first-order valence-corrected chi connectivity index (χ1v) is 5.37. The fourth-order valence-electron chi connectivity index (χ4n) is 1.19. The summed E-state index contributed by atoms with van der Waals surface area (Å²) in [4.78, 5) is 21.6. The average molecular weight is 299 g/mol. The molecule has 0 unspecified atom stereocenters. The molecule has 0 spiro atoms. The zero-order valence-electron chi connectivity index (χ0n) is 10.3. The molecule has 0 atom stereocenters. The highest BCUT2D eigenvalue weighted by atomic mass is 19.2. The Bertz CT molecular complexity index is 653. The molecule has 0 fully saturated rings. The molecule has 6 nitrogen and oxygen atoms in total. The smallest absolute Gasteiger partial charge is 0.322 e. The number of nitriles is 1. The van der Waals surface area contributed by atoms with Gasteiger partial charge in [-0.2, -0.15) is 5.26 Å². The van der Waals surface area contributed by atoms with Crippen LogP contribution in [0.25, 0.3) is 0 Å². The van der Waals surface area contributed by atoms with E-state index in [2.05, 4.69) is 5.32 Å². The van der Waals surface area contributed by atoms with E-state index in [0.717, 1.165) is 12.3 Å². The van der Waals surface area contributed by atoms with Gasteiger partial charge in [0.15, 0.2) is 17.5 Å². The van der Waals surface area contributed by atoms with Crippen molar-refractivity contribution in [3.8, 4) is 6.07 Å². The number of carboxylic acids is 1. The summed E-state index contributed by atoms with van der Waals surface area (Å²) >= 11 is 0. The predicted molar refractivity (Wildman–Crippen MR) is 64.3 cm³/mol. The van der Waals surface area contributed by atoms with Crippen LogP contribution in [-0.2, 0) is 9.59 Å². The number of rotatable bonds is 5. The zero-order valence-corrected chi connectivity index (χ0v) is 10.3. The van der Waals surface area contributed by atoms with Crippen LogP contribution in [0, 0.1) is 28.8 Å². The van der Waals surface area contributed by atoms with Gasteiger partial charge in [0.25, 0.3) is 5.91 Å². The number of anilines is 1. The molecular formula is C12H8F3N3O3. The van der Waals surface area contributed by atoms with Crippen molar-refractivity contribution in [3.63, 3.8) is 0 Å². The molecule has 3 N–H and O–H groups in total. The number of hydrogen-bond donors (Lipinski definition) is 3. The largest absolute Gasteiger partial charge is 0.480 e. The lowest BCUT2D eigenvalue weighted by Crippen LogP contribution is -2.30. The molecule has 0 saturated heterocycles. The van der Waals surface area contributed by atoms with E-state index in [4.69, 9.17) is 10.4 Å². The molecule has 0 aromatic heterocycles. The first-order chi connectivity index (χ1) is 9.86. The van der Waals surface area contributed by atoms with Crippen LogP contribution in [0.4, 0.5) is 18.9 Å². The normalized spacial score (nSPS) is 10.7. The maximum atomic E-state index is 13.3. The second kappa shape index (κ2) is 6.95. The van der Waals surface area contributed by atoms with Gasteiger partial charge < -0.3 is 15.7 Å². The molecule has 110 valence electrons. The maximum Gasteiger partial charge on any atom is 0.322 e. The van der Waals surface area contributed by atoms with Gasteiger partial charge >= 0.3 is 5.97 Å². The Labute approximate surface area is 116 Å². The van der Waals surface area contributed by atoms with E-state index >= 15 is 0 Å². The van der Waals surface area contributed by atoms with Gasteiger partial charge in [0.1, 0.15) is 18.2 Å². The zero-order chi connectivity index (χ0) is 16.0. The van der Waals surface area contributed by atoms with E-state index < -0.39 is 47.1 Å². The minimum absolute atomic E-state index is 0.493. The third-order valence-corrected chi connectivity index (χ3v) is 2.17. The van der Waals surface area contributed by atoms with E-state index in [1.807, 2.05) is 5.32 Å². The Morgan fingerprint density at radius 2 is 1.95 bits per heavy atom. The molecule has 0 bridgehead atoms. The van der Waals surface area contributed by atoms with Crippen LogP contribution in [-0.4, -0.2) is 23.5 Å². The number of carboxylic acid groups (broad SMARTS) is 1. The van der Waals surface area contributed by atoms with Gasteiger partial charge in [-0.1, -0.05) is 0 Å². The van der Waals surface area contributed by atoms with E-state index in [1.54, 1.807) is 0 Å². The minimum Gasteiger partial charge on any atom is -0.480 e. The Hall–Kier alpha value is -3.02. The molecule has 1 aromatic rings.